The normalized spacial score (nSPS) is 19.0. The molecule has 3 nitrogen and oxygen atoms in total. The molecular formula is C20H33Cl2FN2O. The van der Waals surface area contributed by atoms with Gasteiger partial charge in [-0.1, -0.05) is 12.1 Å². The van der Waals surface area contributed by atoms with E-state index in [1.807, 2.05) is 12.1 Å². The predicted molar refractivity (Wildman–Crippen MR) is 93.8 cm³/mol. The van der Waals surface area contributed by atoms with Gasteiger partial charge < -0.3 is 39.4 Å². The number of hydrogen-bond acceptors (Lipinski definition) is 1. The average Bonchev–Trinajstić information content (AvgIpc) is 2.63. The summed E-state index contributed by atoms with van der Waals surface area (Å²) in [6.45, 7) is 8.05. The van der Waals surface area contributed by atoms with Gasteiger partial charge in [-0.2, -0.15) is 0 Å². The second-order valence-corrected chi connectivity index (χ2v) is 7.59. The maximum absolute atomic E-state index is 13.1. The molecule has 150 valence electrons. The van der Waals surface area contributed by atoms with E-state index in [1.54, 1.807) is 9.80 Å². The number of hydrogen-bond donors (Lipinski definition) is 2. The number of quaternary nitrogens is 2. The second kappa shape index (κ2) is 12.9. The van der Waals surface area contributed by atoms with E-state index in [9.17, 15) is 4.39 Å². The van der Waals surface area contributed by atoms with E-state index < -0.39 is 0 Å². The highest BCUT2D eigenvalue weighted by molar-refractivity contribution is 5.14. The highest BCUT2D eigenvalue weighted by atomic mass is 35.5. The Hall–Kier alpha value is -0.390. The Bertz CT molecular complexity index is 457. The Morgan fingerprint density at radius 3 is 1.69 bits per heavy atom. The van der Waals surface area contributed by atoms with Crippen LogP contribution in [0.4, 0.5) is 4.39 Å². The van der Waals surface area contributed by atoms with Crippen molar-refractivity contribution in [2.24, 2.45) is 0 Å². The summed E-state index contributed by atoms with van der Waals surface area (Å²) in [5.41, 5.74) is 1.07. The summed E-state index contributed by atoms with van der Waals surface area (Å²) in [5.74, 6) is -0.175. The summed E-state index contributed by atoms with van der Waals surface area (Å²) in [7, 11) is 0. The molecule has 3 rings (SSSR count). The van der Waals surface area contributed by atoms with Crippen LogP contribution >= 0.6 is 0 Å². The molecule has 2 N–H and O–H groups in total. The van der Waals surface area contributed by atoms with E-state index in [-0.39, 0.29) is 30.6 Å². The van der Waals surface area contributed by atoms with Crippen LogP contribution in [0.1, 0.15) is 44.1 Å². The molecule has 0 atom stereocenters. The van der Waals surface area contributed by atoms with Gasteiger partial charge in [0.15, 0.2) is 6.10 Å². The molecule has 2 saturated heterocycles. The van der Waals surface area contributed by atoms with Crippen LogP contribution in [0.15, 0.2) is 24.3 Å². The van der Waals surface area contributed by atoms with Crippen LogP contribution in [0, 0.1) is 5.82 Å². The number of rotatable bonds is 7. The lowest BCUT2D eigenvalue weighted by molar-refractivity contribution is -0.929. The zero-order chi connectivity index (χ0) is 16.6. The molecule has 0 amide bonds. The number of halogens is 3. The van der Waals surface area contributed by atoms with Crippen LogP contribution < -0.4 is 34.6 Å². The summed E-state index contributed by atoms with van der Waals surface area (Å²) in [4.78, 5) is 3.42. The first-order chi connectivity index (χ1) is 11.8. The molecule has 0 spiro atoms. The minimum atomic E-state index is -0.175. The molecule has 26 heavy (non-hydrogen) atoms. The van der Waals surface area contributed by atoms with Gasteiger partial charge in [0.2, 0.25) is 0 Å². The molecule has 0 aromatic heterocycles. The number of benzene rings is 1. The monoisotopic (exact) mass is 406 g/mol. The SMILES string of the molecule is Fc1ccc(COC(C[NH+]2CCCCC2)C[NH+]2CCCCC2)cc1.[Cl-].[Cl-]. The summed E-state index contributed by atoms with van der Waals surface area (Å²) in [5, 5.41) is 0. The van der Waals surface area contributed by atoms with Crippen LogP contribution in [-0.4, -0.2) is 45.4 Å². The summed E-state index contributed by atoms with van der Waals surface area (Å²) >= 11 is 0. The predicted octanol–water partition coefficient (Wildman–Crippen LogP) is -5.14. The number of likely N-dealkylation sites (tertiary alicyclic amines) is 2. The van der Waals surface area contributed by atoms with Crippen molar-refractivity contribution in [3.8, 4) is 0 Å². The molecular weight excluding hydrogens is 374 g/mol. The number of nitrogens with one attached hydrogen (secondary N) is 2. The van der Waals surface area contributed by atoms with Gasteiger partial charge in [0.05, 0.1) is 32.8 Å². The van der Waals surface area contributed by atoms with E-state index in [1.165, 1.54) is 76.8 Å². The molecule has 6 heteroatoms. The Labute approximate surface area is 170 Å². The van der Waals surface area contributed by atoms with E-state index in [2.05, 4.69) is 0 Å². The van der Waals surface area contributed by atoms with Crippen LogP contribution in [0.5, 0.6) is 0 Å². The first-order valence-electron chi connectivity index (χ1n) is 9.83. The molecule has 2 aliphatic heterocycles. The molecule has 0 bridgehead atoms. The molecule has 0 unspecified atom stereocenters. The van der Waals surface area contributed by atoms with Gasteiger partial charge in [0.1, 0.15) is 18.9 Å². The van der Waals surface area contributed by atoms with E-state index in [4.69, 9.17) is 4.74 Å². The van der Waals surface area contributed by atoms with Crippen molar-refractivity contribution in [2.75, 3.05) is 39.3 Å². The van der Waals surface area contributed by atoms with E-state index >= 15 is 0 Å². The topological polar surface area (TPSA) is 18.1 Å². The van der Waals surface area contributed by atoms with Gasteiger partial charge in [-0.3, -0.25) is 0 Å². The van der Waals surface area contributed by atoms with Gasteiger partial charge in [-0.25, -0.2) is 4.39 Å². The zero-order valence-corrected chi connectivity index (χ0v) is 17.1. The third kappa shape index (κ3) is 8.10. The van der Waals surface area contributed by atoms with Crippen molar-refractivity contribution < 1.29 is 43.7 Å². The Morgan fingerprint density at radius 2 is 1.23 bits per heavy atom. The van der Waals surface area contributed by atoms with Crippen molar-refractivity contribution in [3.05, 3.63) is 35.6 Å². The zero-order valence-electron chi connectivity index (χ0n) is 15.6. The Morgan fingerprint density at radius 1 is 0.769 bits per heavy atom. The molecule has 2 heterocycles. The largest absolute Gasteiger partial charge is 1.00 e. The van der Waals surface area contributed by atoms with Gasteiger partial charge in [-0.15, -0.1) is 0 Å². The van der Waals surface area contributed by atoms with E-state index in [0.29, 0.717) is 12.7 Å². The first kappa shape index (κ1) is 23.6. The van der Waals surface area contributed by atoms with Gasteiger partial charge >= 0.3 is 0 Å². The summed E-state index contributed by atoms with van der Waals surface area (Å²) in [6.07, 6.45) is 8.53. The third-order valence-electron chi connectivity index (χ3n) is 5.55. The smallest absolute Gasteiger partial charge is 0.155 e. The summed E-state index contributed by atoms with van der Waals surface area (Å²) < 4.78 is 19.4. The van der Waals surface area contributed by atoms with Crippen molar-refractivity contribution in [3.63, 3.8) is 0 Å². The van der Waals surface area contributed by atoms with Crippen LogP contribution in [0.3, 0.4) is 0 Å². The van der Waals surface area contributed by atoms with Crippen molar-refractivity contribution >= 4 is 0 Å². The van der Waals surface area contributed by atoms with Gasteiger partial charge in [-0.05, 0) is 56.2 Å². The summed E-state index contributed by atoms with van der Waals surface area (Å²) in [6, 6.07) is 6.74. The lowest BCUT2D eigenvalue weighted by Gasteiger charge is -2.31. The number of piperidine rings is 2. The molecule has 1 aromatic carbocycles. The molecule has 2 aliphatic rings. The minimum Gasteiger partial charge on any atom is -1.00 e. The highest BCUT2D eigenvalue weighted by Gasteiger charge is 2.25. The van der Waals surface area contributed by atoms with E-state index in [0.717, 1.165) is 18.7 Å². The van der Waals surface area contributed by atoms with Crippen molar-refractivity contribution in [2.45, 2.75) is 51.2 Å². The molecule has 0 radical (unpaired) electrons. The number of ether oxygens (including phenoxy) is 1. The standard InChI is InChI=1S/C20H31FN2O.2ClH/c21-19-9-7-18(8-10-19)17-24-20(15-22-11-3-1-4-12-22)16-23-13-5-2-6-14-23;;/h7-10,20H,1-6,11-17H2;2*1H. The fourth-order valence-corrected chi connectivity index (χ4v) is 4.14. The lowest BCUT2D eigenvalue weighted by Crippen LogP contribution is -3.17. The van der Waals surface area contributed by atoms with Crippen LogP contribution in [-0.2, 0) is 11.3 Å². The molecule has 1 aromatic rings. The second-order valence-electron chi connectivity index (χ2n) is 7.59. The van der Waals surface area contributed by atoms with Gasteiger partial charge in [0, 0.05) is 0 Å². The quantitative estimate of drug-likeness (QED) is 0.463. The average molecular weight is 407 g/mol. The molecule has 0 saturated carbocycles. The fourth-order valence-electron chi connectivity index (χ4n) is 4.14. The Kier molecular flexibility index (Phi) is 11.7. The first-order valence-corrected chi connectivity index (χ1v) is 9.83. The highest BCUT2D eigenvalue weighted by Crippen LogP contribution is 2.06. The fraction of sp³-hybridized carbons (Fsp3) is 0.700. The lowest BCUT2D eigenvalue weighted by atomic mass is 10.1. The Balaban J connectivity index is 0.00000169. The molecule has 0 aliphatic carbocycles. The minimum absolute atomic E-state index is 0. The maximum Gasteiger partial charge on any atom is 0.155 e. The third-order valence-corrected chi connectivity index (χ3v) is 5.55. The molecule has 2 fully saturated rings. The van der Waals surface area contributed by atoms with Crippen LogP contribution in [0.25, 0.3) is 0 Å². The van der Waals surface area contributed by atoms with Gasteiger partial charge in [0.25, 0.3) is 0 Å². The van der Waals surface area contributed by atoms with Crippen molar-refractivity contribution in [1.82, 2.24) is 0 Å². The maximum atomic E-state index is 13.1. The van der Waals surface area contributed by atoms with Crippen LogP contribution in [0.2, 0.25) is 0 Å². The van der Waals surface area contributed by atoms with Crippen molar-refractivity contribution in [1.29, 1.82) is 0 Å².